The van der Waals surface area contributed by atoms with Crippen molar-refractivity contribution in [3.05, 3.63) is 46.7 Å². The molecule has 2 aromatic rings. The Hall–Kier alpha value is -1.64. The van der Waals surface area contributed by atoms with Gasteiger partial charge in [0.1, 0.15) is 0 Å². The van der Waals surface area contributed by atoms with Crippen LogP contribution < -0.4 is 5.32 Å². The number of nitrogens with zero attached hydrogens (tertiary/aromatic N) is 2. The van der Waals surface area contributed by atoms with Gasteiger partial charge in [-0.3, -0.25) is 4.79 Å². The summed E-state index contributed by atoms with van der Waals surface area (Å²) in [5, 5.41) is 4.94. The molecule has 28 heavy (non-hydrogen) atoms. The van der Waals surface area contributed by atoms with Gasteiger partial charge >= 0.3 is 6.03 Å². The lowest BCUT2D eigenvalue weighted by Gasteiger charge is -2.43. The molecule has 3 amide bonds. The first kappa shape index (κ1) is 19.7. The van der Waals surface area contributed by atoms with Gasteiger partial charge in [0.2, 0.25) is 0 Å². The lowest BCUT2D eigenvalue weighted by atomic mass is 10.0. The Kier molecular flexibility index (Phi) is 5.89. The van der Waals surface area contributed by atoms with Gasteiger partial charge in [-0.2, -0.15) is 0 Å². The SMILES string of the molecule is CSc1ccc(NC(=O)N2CCC3(CC2)SCCN3C(=O)c2cccs2)cc1. The Morgan fingerprint density at radius 2 is 1.86 bits per heavy atom. The van der Waals surface area contributed by atoms with Gasteiger partial charge in [-0.25, -0.2) is 4.79 Å². The van der Waals surface area contributed by atoms with E-state index in [1.54, 1.807) is 11.8 Å². The van der Waals surface area contributed by atoms with E-state index >= 15 is 0 Å². The molecule has 1 aromatic heterocycles. The van der Waals surface area contributed by atoms with Crippen LogP contribution in [0.1, 0.15) is 22.5 Å². The summed E-state index contributed by atoms with van der Waals surface area (Å²) in [5.41, 5.74) is 0.813. The predicted octanol–water partition coefficient (Wildman–Crippen LogP) is 4.68. The molecular formula is C20H23N3O2S3. The van der Waals surface area contributed by atoms with E-state index in [0.29, 0.717) is 13.1 Å². The Labute approximate surface area is 177 Å². The molecule has 1 spiro atoms. The van der Waals surface area contributed by atoms with E-state index < -0.39 is 0 Å². The second-order valence-corrected chi connectivity index (χ2v) is 10.2. The number of likely N-dealkylation sites (tertiary alicyclic amines) is 1. The maximum absolute atomic E-state index is 12.9. The fourth-order valence-corrected chi connectivity index (χ4v) is 6.31. The van der Waals surface area contributed by atoms with Crippen molar-refractivity contribution in [2.75, 3.05) is 37.0 Å². The first-order chi connectivity index (χ1) is 13.6. The zero-order chi connectivity index (χ0) is 19.6. The summed E-state index contributed by atoms with van der Waals surface area (Å²) in [6.07, 6.45) is 3.66. The monoisotopic (exact) mass is 433 g/mol. The molecule has 0 atom stereocenters. The van der Waals surface area contributed by atoms with Crippen molar-refractivity contribution >= 4 is 52.5 Å². The van der Waals surface area contributed by atoms with Crippen molar-refractivity contribution < 1.29 is 9.59 Å². The molecule has 0 bridgehead atoms. The van der Waals surface area contributed by atoms with Gasteiger partial charge in [-0.1, -0.05) is 6.07 Å². The minimum Gasteiger partial charge on any atom is -0.324 e. The lowest BCUT2D eigenvalue weighted by molar-refractivity contribution is 0.0590. The summed E-state index contributed by atoms with van der Waals surface area (Å²) in [7, 11) is 0. The summed E-state index contributed by atoms with van der Waals surface area (Å²) in [5.74, 6) is 1.09. The maximum atomic E-state index is 12.9. The van der Waals surface area contributed by atoms with Crippen molar-refractivity contribution in [1.29, 1.82) is 0 Å². The summed E-state index contributed by atoms with van der Waals surface area (Å²) in [6.45, 7) is 2.11. The van der Waals surface area contributed by atoms with Crippen molar-refractivity contribution in [1.82, 2.24) is 9.80 Å². The largest absolute Gasteiger partial charge is 0.324 e. The van der Waals surface area contributed by atoms with E-state index in [2.05, 4.69) is 5.32 Å². The third-order valence-electron chi connectivity index (χ3n) is 5.33. The smallest absolute Gasteiger partial charge is 0.321 e. The van der Waals surface area contributed by atoms with E-state index in [0.717, 1.165) is 35.7 Å². The Balaban J connectivity index is 1.37. The first-order valence-corrected chi connectivity index (χ1v) is 12.4. The maximum Gasteiger partial charge on any atom is 0.321 e. The van der Waals surface area contributed by atoms with Crippen LogP contribution in [-0.2, 0) is 0 Å². The summed E-state index contributed by atoms with van der Waals surface area (Å²) in [6, 6.07) is 11.6. The van der Waals surface area contributed by atoms with Crippen molar-refractivity contribution in [2.45, 2.75) is 22.6 Å². The molecular weight excluding hydrogens is 410 g/mol. The summed E-state index contributed by atoms with van der Waals surface area (Å²) < 4.78 is 0. The molecule has 2 fully saturated rings. The number of urea groups is 1. The van der Waals surface area contributed by atoms with Gasteiger partial charge in [0.15, 0.2) is 0 Å². The Morgan fingerprint density at radius 3 is 2.50 bits per heavy atom. The van der Waals surface area contributed by atoms with Crippen LogP contribution in [0, 0.1) is 0 Å². The number of rotatable bonds is 3. The van der Waals surface area contributed by atoms with Gasteiger partial charge in [-0.15, -0.1) is 34.9 Å². The standard InChI is InChI=1S/C20H23N3O2S3/c1-26-16-6-4-15(5-7-16)21-19(25)22-10-8-20(9-11-22)23(12-14-28-20)18(24)17-3-2-13-27-17/h2-7,13H,8-12,14H2,1H3,(H,21,25). The molecule has 2 aliphatic heterocycles. The number of thioether (sulfide) groups is 2. The van der Waals surface area contributed by atoms with Crippen LogP contribution in [0.4, 0.5) is 10.5 Å². The first-order valence-electron chi connectivity index (χ1n) is 9.31. The molecule has 0 unspecified atom stereocenters. The summed E-state index contributed by atoms with van der Waals surface area (Å²) in [4.78, 5) is 31.3. The van der Waals surface area contributed by atoms with E-state index in [4.69, 9.17) is 0 Å². The van der Waals surface area contributed by atoms with Crippen LogP contribution in [-0.4, -0.2) is 58.3 Å². The average Bonchev–Trinajstić information content (AvgIpc) is 3.39. The van der Waals surface area contributed by atoms with E-state index in [9.17, 15) is 9.59 Å². The zero-order valence-corrected chi connectivity index (χ0v) is 18.2. The van der Waals surface area contributed by atoms with Gasteiger partial charge in [0.05, 0.1) is 9.75 Å². The molecule has 8 heteroatoms. The number of carbonyl (C=O) groups excluding carboxylic acids is 2. The van der Waals surface area contributed by atoms with Crippen molar-refractivity contribution in [3.8, 4) is 0 Å². The molecule has 1 aromatic carbocycles. The van der Waals surface area contributed by atoms with E-state index in [-0.39, 0.29) is 16.8 Å². The lowest BCUT2D eigenvalue weighted by Crippen LogP contribution is -2.54. The second-order valence-electron chi connectivity index (χ2n) is 6.87. The number of carbonyl (C=O) groups is 2. The Bertz CT molecular complexity index is 831. The molecule has 0 saturated carbocycles. The van der Waals surface area contributed by atoms with Crippen LogP contribution >= 0.6 is 34.9 Å². The summed E-state index contributed by atoms with van der Waals surface area (Å²) >= 11 is 5.05. The molecule has 0 aliphatic carbocycles. The average molecular weight is 434 g/mol. The highest BCUT2D eigenvalue weighted by Gasteiger charge is 2.47. The quantitative estimate of drug-likeness (QED) is 0.714. The molecule has 5 nitrogen and oxygen atoms in total. The number of anilines is 1. The number of hydrogen-bond donors (Lipinski definition) is 1. The van der Waals surface area contributed by atoms with E-state index in [1.807, 2.05) is 69.6 Å². The van der Waals surface area contributed by atoms with Gasteiger partial charge in [0, 0.05) is 36.0 Å². The van der Waals surface area contributed by atoms with Crippen molar-refractivity contribution in [3.63, 3.8) is 0 Å². The van der Waals surface area contributed by atoms with Crippen LogP contribution in [0.5, 0.6) is 0 Å². The highest BCUT2D eigenvalue weighted by Crippen LogP contribution is 2.44. The van der Waals surface area contributed by atoms with Gasteiger partial charge < -0.3 is 15.1 Å². The van der Waals surface area contributed by atoms with E-state index in [1.165, 1.54) is 16.2 Å². The molecule has 1 N–H and O–H groups in total. The van der Waals surface area contributed by atoms with Crippen molar-refractivity contribution in [2.24, 2.45) is 0 Å². The number of thiophene rings is 1. The third-order valence-corrected chi connectivity index (χ3v) is 8.48. The molecule has 2 aliphatic rings. The molecule has 0 radical (unpaired) electrons. The fraction of sp³-hybridized carbons (Fsp3) is 0.400. The highest BCUT2D eigenvalue weighted by molar-refractivity contribution is 8.00. The zero-order valence-electron chi connectivity index (χ0n) is 15.7. The molecule has 148 valence electrons. The third kappa shape index (κ3) is 3.90. The fourth-order valence-electron chi connectivity index (χ4n) is 3.78. The van der Waals surface area contributed by atoms with Gasteiger partial charge in [0.25, 0.3) is 5.91 Å². The van der Waals surface area contributed by atoms with Gasteiger partial charge in [-0.05, 0) is 54.8 Å². The van der Waals surface area contributed by atoms with Crippen LogP contribution in [0.3, 0.4) is 0 Å². The minimum absolute atomic E-state index is 0.0640. The normalized spacial score (nSPS) is 18.5. The van der Waals surface area contributed by atoms with Crippen LogP contribution in [0.25, 0.3) is 0 Å². The Morgan fingerprint density at radius 1 is 1.11 bits per heavy atom. The topological polar surface area (TPSA) is 52.7 Å². The number of piperidine rings is 1. The predicted molar refractivity (Wildman–Crippen MR) is 119 cm³/mol. The highest BCUT2D eigenvalue weighted by atomic mass is 32.2. The number of hydrogen-bond acceptors (Lipinski definition) is 5. The minimum atomic E-state index is -0.169. The van der Waals surface area contributed by atoms with Crippen LogP contribution in [0.15, 0.2) is 46.7 Å². The number of nitrogens with one attached hydrogen (secondary N) is 1. The molecule has 3 heterocycles. The number of amides is 3. The second kappa shape index (κ2) is 8.39. The molecule has 4 rings (SSSR count). The number of benzene rings is 1. The van der Waals surface area contributed by atoms with Crippen LogP contribution in [0.2, 0.25) is 0 Å². The molecule has 2 saturated heterocycles.